The van der Waals surface area contributed by atoms with Crippen LogP contribution in [0.2, 0.25) is 10.0 Å². The first-order chi connectivity index (χ1) is 13.0. The van der Waals surface area contributed by atoms with Gasteiger partial charge in [0.05, 0.1) is 0 Å². The maximum absolute atomic E-state index is 12.9. The minimum Gasteiger partial charge on any atom is -0.360 e. The molecule has 2 heterocycles. The number of amides is 1. The Balaban J connectivity index is 1.38. The summed E-state index contributed by atoms with van der Waals surface area (Å²) < 4.78 is 5.44. The lowest BCUT2D eigenvalue weighted by atomic mass is 9.88. The Morgan fingerprint density at radius 1 is 1.26 bits per heavy atom. The number of benzene rings is 1. The third-order valence-corrected chi connectivity index (χ3v) is 6.14. The first-order valence-corrected chi connectivity index (χ1v) is 10.2. The molecule has 0 N–H and O–H groups in total. The highest BCUT2D eigenvalue weighted by Crippen LogP contribution is 2.29. The van der Waals surface area contributed by atoms with Gasteiger partial charge in [-0.1, -0.05) is 41.3 Å². The second kappa shape index (κ2) is 7.82. The number of hydrogen-bond donors (Lipinski definition) is 0. The Bertz CT molecular complexity index is 844. The van der Waals surface area contributed by atoms with E-state index in [0.717, 1.165) is 55.8 Å². The van der Waals surface area contributed by atoms with Gasteiger partial charge in [-0.2, -0.15) is 0 Å². The van der Waals surface area contributed by atoms with E-state index in [9.17, 15) is 4.79 Å². The molecule has 1 fully saturated rings. The number of fused-ring (bicyclic) bond motifs is 1. The zero-order valence-electron chi connectivity index (χ0n) is 15.4. The van der Waals surface area contributed by atoms with Crippen molar-refractivity contribution in [2.75, 3.05) is 26.2 Å². The molecule has 0 spiro atoms. The minimum atomic E-state index is -0.00160. The molecule has 1 unspecified atom stereocenters. The van der Waals surface area contributed by atoms with Gasteiger partial charge in [0.1, 0.15) is 5.76 Å². The highest BCUT2D eigenvalue weighted by atomic mass is 35.5. The van der Waals surface area contributed by atoms with E-state index in [0.29, 0.717) is 34.7 Å². The molecule has 1 aliphatic heterocycles. The Hall–Kier alpha value is -1.56. The maximum atomic E-state index is 12.9. The van der Waals surface area contributed by atoms with E-state index in [2.05, 4.69) is 17.0 Å². The molecule has 1 aliphatic carbocycles. The smallest absolute Gasteiger partial charge is 0.276 e. The number of rotatable bonds is 3. The van der Waals surface area contributed by atoms with Crippen LogP contribution >= 0.6 is 23.2 Å². The predicted octanol–water partition coefficient (Wildman–Crippen LogP) is 4.06. The summed E-state index contributed by atoms with van der Waals surface area (Å²) in [4.78, 5) is 17.1. The number of halogens is 2. The first-order valence-electron chi connectivity index (χ1n) is 9.44. The van der Waals surface area contributed by atoms with Crippen molar-refractivity contribution in [1.82, 2.24) is 15.0 Å². The van der Waals surface area contributed by atoms with E-state index in [4.69, 9.17) is 27.7 Å². The predicted molar refractivity (Wildman–Crippen MR) is 105 cm³/mol. The number of aryl methyl sites for hydroxylation is 1. The normalized spacial score (nSPS) is 20.6. The fourth-order valence-electron chi connectivity index (χ4n) is 3.90. The van der Waals surface area contributed by atoms with Gasteiger partial charge in [0.15, 0.2) is 5.69 Å². The van der Waals surface area contributed by atoms with Crippen LogP contribution in [0.4, 0.5) is 0 Å². The highest BCUT2D eigenvalue weighted by Gasteiger charge is 2.31. The van der Waals surface area contributed by atoms with Crippen LogP contribution in [-0.4, -0.2) is 47.0 Å². The number of carbonyl (C=O) groups is 1. The number of aromatic nitrogens is 1. The number of piperazine rings is 1. The molecule has 1 aromatic heterocycles. The fourth-order valence-corrected chi connectivity index (χ4v) is 4.36. The molecule has 27 heavy (non-hydrogen) atoms. The van der Waals surface area contributed by atoms with Crippen LogP contribution in [0.1, 0.15) is 40.7 Å². The molecule has 0 saturated carbocycles. The van der Waals surface area contributed by atoms with Crippen LogP contribution in [0.15, 0.2) is 22.7 Å². The Morgan fingerprint density at radius 2 is 2.04 bits per heavy atom. The quantitative estimate of drug-likeness (QED) is 0.769. The van der Waals surface area contributed by atoms with E-state index in [1.54, 1.807) is 6.07 Å². The molecule has 1 saturated heterocycles. The van der Waals surface area contributed by atoms with Crippen molar-refractivity contribution in [2.24, 2.45) is 5.92 Å². The summed E-state index contributed by atoms with van der Waals surface area (Å²) in [5.74, 6) is 1.47. The molecule has 4 rings (SSSR count). The van der Waals surface area contributed by atoms with Crippen molar-refractivity contribution in [2.45, 2.75) is 32.7 Å². The van der Waals surface area contributed by atoms with Gasteiger partial charge in [-0.3, -0.25) is 9.69 Å². The van der Waals surface area contributed by atoms with Crippen LogP contribution in [-0.2, 0) is 19.4 Å². The second-order valence-electron chi connectivity index (χ2n) is 7.58. The van der Waals surface area contributed by atoms with Crippen LogP contribution in [0, 0.1) is 5.92 Å². The van der Waals surface area contributed by atoms with Gasteiger partial charge < -0.3 is 9.42 Å². The molecular formula is C20H23Cl2N3O2. The van der Waals surface area contributed by atoms with Gasteiger partial charge in [-0.05, 0) is 36.5 Å². The zero-order chi connectivity index (χ0) is 19.0. The van der Waals surface area contributed by atoms with Gasteiger partial charge in [-0.25, -0.2) is 0 Å². The molecular weight excluding hydrogens is 385 g/mol. The fraction of sp³-hybridized carbons (Fsp3) is 0.500. The summed E-state index contributed by atoms with van der Waals surface area (Å²) in [6.07, 6.45) is 2.86. The number of nitrogens with zero attached hydrogens (tertiary/aromatic N) is 3. The first kappa shape index (κ1) is 18.8. The molecule has 0 bridgehead atoms. The average Bonchev–Trinajstić information content (AvgIpc) is 3.07. The van der Waals surface area contributed by atoms with Crippen LogP contribution in [0.5, 0.6) is 0 Å². The summed E-state index contributed by atoms with van der Waals surface area (Å²) in [5, 5.41) is 5.43. The van der Waals surface area contributed by atoms with Crippen molar-refractivity contribution in [3.63, 3.8) is 0 Å². The Labute approximate surface area is 169 Å². The van der Waals surface area contributed by atoms with E-state index in [-0.39, 0.29) is 5.91 Å². The van der Waals surface area contributed by atoms with Gasteiger partial charge in [0, 0.05) is 54.8 Å². The van der Waals surface area contributed by atoms with E-state index in [1.165, 1.54) is 0 Å². The van der Waals surface area contributed by atoms with Gasteiger partial charge in [0.25, 0.3) is 5.91 Å². The monoisotopic (exact) mass is 407 g/mol. The summed E-state index contributed by atoms with van der Waals surface area (Å²) in [6, 6.07) is 5.59. The SMILES string of the molecule is CC1CCc2onc(C(=O)N3CCN(Cc4ccc(Cl)cc4Cl)CC3)c2C1. The van der Waals surface area contributed by atoms with E-state index < -0.39 is 0 Å². The maximum Gasteiger partial charge on any atom is 0.276 e. The average molecular weight is 408 g/mol. The Kier molecular flexibility index (Phi) is 5.44. The van der Waals surface area contributed by atoms with Crippen molar-refractivity contribution in [3.8, 4) is 0 Å². The van der Waals surface area contributed by atoms with E-state index >= 15 is 0 Å². The summed E-state index contributed by atoms with van der Waals surface area (Å²) in [6.45, 7) is 5.95. The van der Waals surface area contributed by atoms with Gasteiger partial charge in [-0.15, -0.1) is 0 Å². The largest absolute Gasteiger partial charge is 0.360 e. The molecule has 7 heteroatoms. The molecule has 2 aliphatic rings. The molecule has 1 amide bonds. The van der Waals surface area contributed by atoms with E-state index in [1.807, 2.05) is 17.0 Å². The number of carbonyl (C=O) groups excluding carboxylic acids is 1. The minimum absolute atomic E-state index is 0.00160. The standard InChI is InChI=1S/C20H23Cl2N3O2/c1-13-2-5-18-16(10-13)19(23-27-18)20(26)25-8-6-24(7-9-25)12-14-3-4-15(21)11-17(14)22/h3-4,11,13H,2,5-10,12H2,1H3. The third-order valence-electron chi connectivity index (χ3n) is 5.56. The summed E-state index contributed by atoms with van der Waals surface area (Å²) in [7, 11) is 0. The molecule has 1 aromatic carbocycles. The lowest BCUT2D eigenvalue weighted by Gasteiger charge is -2.34. The molecule has 2 aromatic rings. The van der Waals surface area contributed by atoms with Crippen molar-refractivity contribution < 1.29 is 9.32 Å². The Morgan fingerprint density at radius 3 is 2.78 bits per heavy atom. The van der Waals surface area contributed by atoms with Crippen LogP contribution < -0.4 is 0 Å². The van der Waals surface area contributed by atoms with Crippen LogP contribution in [0.3, 0.4) is 0 Å². The topological polar surface area (TPSA) is 49.6 Å². The molecule has 1 atom stereocenters. The van der Waals surface area contributed by atoms with Gasteiger partial charge >= 0.3 is 0 Å². The van der Waals surface area contributed by atoms with Crippen LogP contribution in [0.25, 0.3) is 0 Å². The molecule has 5 nitrogen and oxygen atoms in total. The zero-order valence-corrected chi connectivity index (χ0v) is 16.9. The molecule has 144 valence electrons. The second-order valence-corrected chi connectivity index (χ2v) is 8.43. The van der Waals surface area contributed by atoms with Crippen molar-refractivity contribution >= 4 is 29.1 Å². The molecule has 0 radical (unpaired) electrons. The lowest BCUT2D eigenvalue weighted by molar-refractivity contribution is 0.0617. The highest BCUT2D eigenvalue weighted by molar-refractivity contribution is 6.35. The van der Waals surface area contributed by atoms with Crippen molar-refractivity contribution in [3.05, 3.63) is 50.8 Å². The number of hydrogen-bond acceptors (Lipinski definition) is 4. The third kappa shape index (κ3) is 4.00. The van der Waals surface area contributed by atoms with Crippen molar-refractivity contribution in [1.29, 1.82) is 0 Å². The summed E-state index contributed by atoms with van der Waals surface area (Å²) >= 11 is 12.2. The van der Waals surface area contributed by atoms with Gasteiger partial charge in [0.2, 0.25) is 0 Å². The lowest BCUT2D eigenvalue weighted by Crippen LogP contribution is -2.48. The summed E-state index contributed by atoms with van der Waals surface area (Å²) in [5.41, 5.74) is 2.60.